The SMILES string of the molecule is CC(=O)OCCOC(C)C=C(C)C(=O)O. The fraction of sp³-hybridized carbons (Fsp3) is 0.600. The summed E-state index contributed by atoms with van der Waals surface area (Å²) in [6.07, 6.45) is 1.19. The van der Waals surface area contributed by atoms with Crippen LogP contribution in [0.3, 0.4) is 0 Å². The highest BCUT2D eigenvalue weighted by molar-refractivity contribution is 5.85. The maximum Gasteiger partial charge on any atom is 0.331 e. The highest BCUT2D eigenvalue weighted by Gasteiger charge is 2.04. The van der Waals surface area contributed by atoms with E-state index in [-0.39, 0.29) is 30.9 Å². The van der Waals surface area contributed by atoms with E-state index in [0.29, 0.717) is 0 Å². The molecule has 0 aromatic carbocycles. The Bertz CT molecular complexity index is 257. The van der Waals surface area contributed by atoms with Gasteiger partial charge in [-0.1, -0.05) is 0 Å². The number of rotatable bonds is 6. The summed E-state index contributed by atoms with van der Waals surface area (Å²) < 4.78 is 9.84. The summed E-state index contributed by atoms with van der Waals surface area (Å²) >= 11 is 0. The van der Waals surface area contributed by atoms with E-state index in [4.69, 9.17) is 9.84 Å². The van der Waals surface area contributed by atoms with Gasteiger partial charge in [-0.25, -0.2) is 4.79 Å². The first-order chi connectivity index (χ1) is 6.93. The second kappa shape index (κ2) is 7.00. The van der Waals surface area contributed by atoms with E-state index >= 15 is 0 Å². The molecule has 0 amide bonds. The van der Waals surface area contributed by atoms with Crippen LogP contribution in [0.2, 0.25) is 0 Å². The Morgan fingerprint density at radius 3 is 2.40 bits per heavy atom. The van der Waals surface area contributed by atoms with Gasteiger partial charge in [0.2, 0.25) is 0 Å². The highest BCUT2D eigenvalue weighted by atomic mass is 16.6. The molecule has 0 fully saturated rings. The lowest BCUT2D eigenvalue weighted by molar-refractivity contribution is -0.142. The predicted octanol–water partition coefficient (Wildman–Crippen LogP) is 0.985. The monoisotopic (exact) mass is 216 g/mol. The highest BCUT2D eigenvalue weighted by Crippen LogP contribution is 1.99. The number of carboxylic acids is 1. The molecule has 0 saturated carbocycles. The first-order valence-corrected chi connectivity index (χ1v) is 4.60. The van der Waals surface area contributed by atoms with Gasteiger partial charge in [0.15, 0.2) is 0 Å². The molecule has 1 unspecified atom stereocenters. The van der Waals surface area contributed by atoms with Crippen molar-refractivity contribution >= 4 is 11.9 Å². The Balaban J connectivity index is 3.75. The van der Waals surface area contributed by atoms with Crippen LogP contribution in [0.15, 0.2) is 11.6 Å². The Morgan fingerprint density at radius 2 is 1.93 bits per heavy atom. The van der Waals surface area contributed by atoms with E-state index in [1.165, 1.54) is 19.9 Å². The van der Waals surface area contributed by atoms with Gasteiger partial charge in [-0.15, -0.1) is 0 Å². The largest absolute Gasteiger partial charge is 0.478 e. The summed E-state index contributed by atoms with van der Waals surface area (Å²) in [5, 5.41) is 8.58. The molecule has 1 N–H and O–H groups in total. The zero-order valence-corrected chi connectivity index (χ0v) is 9.15. The minimum absolute atomic E-state index is 0.180. The van der Waals surface area contributed by atoms with Crippen molar-refractivity contribution in [2.24, 2.45) is 0 Å². The topological polar surface area (TPSA) is 72.8 Å². The first kappa shape index (κ1) is 13.6. The number of aliphatic carboxylic acids is 1. The molecule has 1 atom stereocenters. The molecule has 5 nitrogen and oxygen atoms in total. The molecule has 86 valence electrons. The lowest BCUT2D eigenvalue weighted by Crippen LogP contribution is -2.13. The molecule has 0 aliphatic carbocycles. The molecule has 5 heteroatoms. The van der Waals surface area contributed by atoms with Crippen molar-refractivity contribution in [2.45, 2.75) is 26.9 Å². The van der Waals surface area contributed by atoms with Gasteiger partial charge >= 0.3 is 11.9 Å². The standard InChI is InChI=1S/C10H16O5/c1-7(10(12)13)6-8(2)14-4-5-15-9(3)11/h6,8H,4-5H2,1-3H3,(H,12,13). The molecule has 0 rings (SSSR count). The molecule has 0 aromatic rings. The third-order valence-corrected chi connectivity index (χ3v) is 1.59. The minimum atomic E-state index is -0.967. The van der Waals surface area contributed by atoms with Gasteiger partial charge in [0.05, 0.1) is 12.7 Å². The molecule has 0 aliphatic heterocycles. The second-order valence-electron chi connectivity index (χ2n) is 3.07. The number of carbonyl (C=O) groups excluding carboxylic acids is 1. The zero-order chi connectivity index (χ0) is 11.8. The van der Waals surface area contributed by atoms with E-state index in [1.54, 1.807) is 6.92 Å². The Kier molecular flexibility index (Phi) is 6.37. The summed E-state index contributed by atoms with van der Waals surface area (Å²) in [5.74, 6) is -1.33. The van der Waals surface area contributed by atoms with Crippen molar-refractivity contribution in [3.05, 3.63) is 11.6 Å². The molecule has 0 bridgehead atoms. The summed E-state index contributed by atoms with van der Waals surface area (Å²) in [7, 11) is 0. The minimum Gasteiger partial charge on any atom is -0.478 e. The summed E-state index contributed by atoms with van der Waals surface area (Å²) in [6, 6.07) is 0. The van der Waals surface area contributed by atoms with Crippen molar-refractivity contribution in [1.29, 1.82) is 0 Å². The van der Waals surface area contributed by atoms with Gasteiger partial charge in [0, 0.05) is 12.5 Å². The van der Waals surface area contributed by atoms with Crippen molar-refractivity contribution in [2.75, 3.05) is 13.2 Å². The Morgan fingerprint density at radius 1 is 1.33 bits per heavy atom. The Labute approximate surface area is 88.7 Å². The van der Waals surface area contributed by atoms with Crippen LogP contribution in [0, 0.1) is 0 Å². The quantitative estimate of drug-likeness (QED) is 0.407. The summed E-state index contributed by atoms with van der Waals surface area (Å²) in [5.41, 5.74) is 0.231. The molecule has 0 spiro atoms. The van der Waals surface area contributed by atoms with Crippen molar-refractivity contribution < 1.29 is 24.2 Å². The normalized spacial score (nSPS) is 13.4. The maximum absolute atomic E-state index is 10.5. The number of carboxylic acid groups (broad SMARTS) is 1. The number of hydrogen-bond acceptors (Lipinski definition) is 4. The third-order valence-electron chi connectivity index (χ3n) is 1.59. The first-order valence-electron chi connectivity index (χ1n) is 4.60. The van der Waals surface area contributed by atoms with Crippen molar-refractivity contribution in [1.82, 2.24) is 0 Å². The molecule has 0 aliphatic rings. The van der Waals surface area contributed by atoms with E-state index in [9.17, 15) is 9.59 Å². The Hall–Kier alpha value is -1.36. The average Bonchev–Trinajstić information content (AvgIpc) is 2.12. The lowest BCUT2D eigenvalue weighted by Gasteiger charge is -2.09. The maximum atomic E-state index is 10.5. The van der Waals surface area contributed by atoms with E-state index in [1.807, 2.05) is 0 Å². The van der Waals surface area contributed by atoms with Crippen LogP contribution in [0.25, 0.3) is 0 Å². The average molecular weight is 216 g/mol. The van der Waals surface area contributed by atoms with Gasteiger partial charge in [0.1, 0.15) is 6.61 Å². The number of esters is 1. The van der Waals surface area contributed by atoms with Crippen molar-refractivity contribution in [3.8, 4) is 0 Å². The third kappa shape index (κ3) is 7.69. The smallest absolute Gasteiger partial charge is 0.331 e. The number of hydrogen-bond donors (Lipinski definition) is 1. The molecule has 0 aromatic heterocycles. The number of ether oxygens (including phenoxy) is 2. The van der Waals surface area contributed by atoms with E-state index in [2.05, 4.69) is 4.74 Å². The van der Waals surface area contributed by atoms with Crippen LogP contribution in [0.4, 0.5) is 0 Å². The van der Waals surface area contributed by atoms with Crippen LogP contribution < -0.4 is 0 Å². The van der Waals surface area contributed by atoms with Crippen LogP contribution in [-0.4, -0.2) is 36.4 Å². The van der Waals surface area contributed by atoms with Gasteiger partial charge in [0.25, 0.3) is 0 Å². The molecular formula is C10H16O5. The van der Waals surface area contributed by atoms with Gasteiger partial charge in [-0.2, -0.15) is 0 Å². The second-order valence-corrected chi connectivity index (χ2v) is 3.07. The van der Waals surface area contributed by atoms with E-state index < -0.39 is 5.97 Å². The summed E-state index contributed by atoms with van der Waals surface area (Å²) in [4.78, 5) is 20.8. The predicted molar refractivity (Wildman–Crippen MR) is 53.4 cm³/mol. The van der Waals surface area contributed by atoms with E-state index in [0.717, 1.165) is 0 Å². The molecular weight excluding hydrogens is 200 g/mol. The fourth-order valence-corrected chi connectivity index (χ4v) is 0.891. The molecule has 0 saturated heterocycles. The van der Waals surface area contributed by atoms with Crippen LogP contribution in [0.5, 0.6) is 0 Å². The fourth-order valence-electron chi connectivity index (χ4n) is 0.891. The zero-order valence-electron chi connectivity index (χ0n) is 9.15. The number of carbonyl (C=O) groups is 2. The van der Waals surface area contributed by atoms with Gasteiger partial charge < -0.3 is 14.6 Å². The molecule has 15 heavy (non-hydrogen) atoms. The van der Waals surface area contributed by atoms with Crippen LogP contribution in [0.1, 0.15) is 20.8 Å². The molecule has 0 heterocycles. The van der Waals surface area contributed by atoms with Gasteiger partial charge in [-0.05, 0) is 19.9 Å². The van der Waals surface area contributed by atoms with Crippen LogP contribution in [-0.2, 0) is 19.1 Å². The van der Waals surface area contributed by atoms with Crippen LogP contribution >= 0.6 is 0 Å². The van der Waals surface area contributed by atoms with Crippen molar-refractivity contribution in [3.63, 3.8) is 0 Å². The lowest BCUT2D eigenvalue weighted by atomic mass is 10.2. The van der Waals surface area contributed by atoms with Gasteiger partial charge in [-0.3, -0.25) is 4.79 Å². The molecule has 0 radical (unpaired) electrons. The summed E-state index contributed by atoms with van der Waals surface area (Å²) in [6.45, 7) is 4.97.